The van der Waals surface area contributed by atoms with Crippen molar-refractivity contribution >= 4 is 23.4 Å². The number of nitrogens with one attached hydrogen (secondary N) is 2. The molecule has 0 saturated carbocycles. The predicted molar refractivity (Wildman–Crippen MR) is 125 cm³/mol. The number of amides is 3. The van der Waals surface area contributed by atoms with Crippen LogP contribution in [0.1, 0.15) is 44.0 Å². The first kappa shape index (κ1) is 21.6. The predicted octanol–water partition coefficient (Wildman–Crippen LogP) is 2.73. The molecule has 1 aromatic carbocycles. The average Bonchev–Trinajstić information content (AvgIpc) is 3.20. The molecule has 0 spiro atoms. The smallest absolute Gasteiger partial charge is 0.319 e. The van der Waals surface area contributed by atoms with Crippen LogP contribution in [0.5, 0.6) is 0 Å². The number of benzene rings is 1. The maximum Gasteiger partial charge on any atom is 0.319 e. The first-order valence-electron chi connectivity index (χ1n) is 11.7. The molecule has 0 aliphatic carbocycles. The number of hydrogen-bond donors (Lipinski definition) is 2. The first-order chi connectivity index (χ1) is 16.0. The molecule has 2 fully saturated rings. The van der Waals surface area contributed by atoms with Gasteiger partial charge in [-0.05, 0) is 51.0 Å². The largest absolute Gasteiger partial charge is 0.377 e. The third-order valence-electron chi connectivity index (χ3n) is 6.64. The van der Waals surface area contributed by atoms with Crippen LogP contribution in [-0.4, -0.2) is 65.7 Å². The number of rotatable bonds is 4. The summed E-state index contributed by atoms with van der Waals surface area (Å²) >= 11 is 0. The molecule has 0 radical (unpaired) electrons. The van der Waals surface area contributed by atoms with Gasteiger partial charge in [-0.25, -0.2) is 14.8 Å². The molecule has 2 saturated heterocycles. The molecule has 3 amide bonds. The molecule has 2 atom stereocenters. The van der Waals surface area contributed by atoms with Gasteiger partial charge in [0.05, 0.1) is 31.0 Å². The number of fused-ring (bicyclic) bond motifs is 3. The second-order valence-corrected chi connectivity index (χ2v) is 8.81. The van der Waals surface area contributed by atoms with Gasteiger partial charge < -0.3 is 25.2 Å². The Morgan fingerprint density at radius 1 is 1.15 bits per heavy atom. The fraction of sp³-hybridized carbons (Fsp3) is 0.500. The van der Waals surface area contributed by atoms with Gasteiger partial charge in [-0.2, -0.15) is 0 Å². The van der Waals surface area contributed by atoms with Gasteiger partial charge in [-0.15, -0.1) is 0 Å². The van der Waals surface area contributed by atoms with Crippen LogP contribution in [0.2, 0.25) is 0 Å². The molecule has 4 heterocycles. The van der Waals surface area contributed by atoms with Crippen molar-refractivity contribution in [2.45, 2.75) is 45.2 Å². The Kier molecular flexibility index (Phi) is 5.88. The molecule has 2 N–H and O–H groups in total. The SMILES string of the molecule is CCNC(=O)Nc1ccc(-c2nc3c(c(N4CCOC[C@@H]4C)n2)CCN2C(=O)CC[C@H]32)cc1. The highest BCUT2D eigenvalue weighted by Crippen LogP contribution is 2.41. The zero-order chi connectivity index (χ0) is 22.9. The van der Waals surface area contributed by atoms with E-state index in [1.807, 2.05) is 36.1 Å². The van der Waals surface area contributed by atoms with E-state index >= 15 is 0 Å². The minimum absolute atomic E-state index is 0.0248. The van der Waals surface area contributed by atoms with Crippen molar-refractivity contribution in [1.82, 2.24) is 20.2 Å². The van der Waals surface area contributed by atoms with Crippen LogP contribution < -0.4 is 15.5 Å². The van der Waals surface area contributed by atoms with E-state index in [0.29, 0.717) is 37.7 Å². The summed E-state index contributed by atoms with van der Waals surface area (Å²) in [6.45, 7) is 7.45. The monoisotopic (exact) mass is 450 g/mol. The second-order valence-electron chi connectivity index (χ2n) is 8.81. The number of carbonyl (C=O) groups excluding carboxylic acids is 2. The standard InChI is InChI=1S/C24H30N6O3/c1-3-25-24(32)26-17-6-4-16(5-7-17)22-27-21-18(10-11-30-19(21)8-9-20(30)31)23(28-22)29-12-13-33-14-15(29)2/h4-7,15,19H,3,8-14H2,1-2H3,(H2,25,26,32)/t15-,19+/m0/s1. The third kappa shape index (κ3) is 4.13. The number of ether oxygens (including phenoxy) is 1. The van der Waals surface area contributed by atoms with E-state index in [1.165, 1.54) is 0 Å². The van der Waals surface area contributed by atoms with Crippen molar-refractivity contribution in [2.24, 2.45) is 0 Å². The zero-order valence-electron chi connectivity index (χ0n) is 19.1. The minimum Gasteiger partial charge on any atom is -0.377 e. The van der Waals surface area contributed by atoms with Crippen LogP contribution in [0.4, 0.5) is 16.3 Å². The third-order valence-corrected chi connectivity index (χ3v) is 6.64. The fourth-order valence-corrected chi connectivity index (χ4v) is 4.98. The van der Waals surface area contributed by atoms with Gasteiger partial charge in [0.1, 0.15) is 5.82 Å². The maximum atomic E-state index is 12.4. The van der Waals surface area contributed by atoms with Gasteiger partial charge in [-0.3, -0.25) is 4.79 Å². The molecule has 3 aliphatic rings. The fourth-order valence-electron chi connectivity index (χ4n) is 4.98. The van der Waals surface area contributed by atoms with Gasteiger partial charge in [0.15, 0.2) is 5.82 Å². The number of nitrogens with zero attached hydrogens (tertiary/aromatic N) is 4. The Morgan fingerprint density at radius 2 is 1.97 bits per heavy atom. The van der Waals surface area contributed by atoms with E-state index in [9.17, 15) is 9.59 Å². The molecule has 2 aromatic rings. The van der Waals surface area contributed by atoms with Gasteiger partial charge in [0, 0.05) is 42.9 Å². The molecule has 9 nitrogen and oxygen atoms in total. The molecule has 5 rings (SSSR count). The van der Waals surface area contributed by atoms with Gasteiger partial charge in [0.25, 0.3) is 0 Å². The number of urea groups is 1. The number of hydrogen-bond acceptors (Lipinski definition) is 6. The first-order valence-corrected chi connectivity index (χ1v) is 11.7. The van der Waals surface area contributed by atoms with E-state index in [2.05, 4.69) is 22.5 Å². The summed E-state index contributed by atoms with van der Waals surface area (Å²) < 4.78 is 5.66. The van der Waals surface area contributed by atoms with Crippen LogP contribution in [0.25, 0.3) is 11.4 Å². The summed E-state index contributed by atoms with van der Waals surface area (Å²) in [5, 5.41) is 5.54. The lowest BCUT2D eigenvalue weighted by atomic mass is 9.97. The van der Waals surface area contributed by atoms with Crippen LogP contribution >= 0.6 is 0 Å². The van der Waals surface area contributed by atoms with E-state index in [0.717, 1.165) is 48.6 Å². The second kappa shape index (κ2) is 8.97. The topological polar surface area (TPSA) is 99.7 Å². The number of morpholine rings is 1. The highest BCUT2D eigenvalue weighted by atomic mass is 16.5. The molecule has 0 bridgehead atoms. The Morgan fingerprint density at radius 3 is 2.73 bits per heavy atom. The molecular formula is C24H30N6O3. The number of anilines is 2. The van der Waals surface area contributed by atoms with Crippen molar-refractivity contribution in [3.05, 3.63) is 35.5 Å². The lowest BCUT2D eigenvalue weighted by Gasteiger charge is -2.38. The summed E-state index contributed by atoms with van der Waals surface area (Å²) in [6.07, 6.45) is 2.15. The summed E-state index contributed by atoms with van der Waals surface area (Å²) in [4.78, 5) is 38.6. The summed E-state index contributed by atoms with van der Waals surface area (Å²) in [7, 11) is 0. The van der Waals surface area contributed by atoms with Gasteiger partial charge >= 0.3 is 6.03 Å². The number of aromatic nitrogens is 2. The van der Waals surface area contributed by atoms with Crippen molar-refractivity contribution in [3.63, 3.8) is 0 Å². The zero-order valence-corrected chi connectivity index (χ0v) is 19.1. The lowest BCUT2D eigenvalue weighted by Crippen LogP contribution is -2.45. The summed E-state index contributed by atoms with van der Waals surface area (Å²) in [5.74, 6) is 1.83. The summed E-state index contributed by atoms with van der Waals surface area (Å²) in [6, 6.07) is 7.58. The molecular weight excluding hydrogens is 420 g/mol. The molecule has 1 aromatic heterocycles. The summed E-state index contributed by atoms with van der Waals surface area (Å²) in [5.41, 5.74) is 3.73. The van der Waals surface area contributed by atoms with Crippen molar-refractivity contribution in [2.75, 3.05) is 43.1 Å². The molecule has 3 aliphatic heterocycles. The van der Waals surface area contributed by atoms with Crippen molar-refractivity contribution in [3.8, 4) is 11.4 Å². The number of carbonyl (C=O) groups is 2. The molecule has 0 unspecified atom stereocenters. The van der Waals surface area contributed by atoms with Crippen LogP contribution in [-0.2, 0) is 16.0 Å². The van der Waals surface area contributed by atoms with E-state index in [1.54, 1.807) is 0 Å². The van der Waals surface area contributed by atoms with Gasteiger partial charge in [0.2, 0.25) is 5.91 Å². The highest BCUT2D eigenvalue weighted by Gasteiger charge is 2.40. The molecule has 9 heteroatoms. The van der Waals surface area contributed by atoms with Crippen LogP contribution in [0.3, 0.4) is 0 Å². The molecule has 33 heavy (non-hydrogen) atoms. The van der Waals surface area contributed by atoms with Crippen LogP contribution in [0, 0.1) is 0 Å². The van der Waals surface area contributed by atoms with E-state index in [4.69, 9.17) is 14.7 Å². The average molecular weight is 451 g/mol. The van der Waals surface area contributed by atoms with E-state index < -0.39 is 0 Å². The Bertz CT molecular complexity index is 1060. The highest BCUT2D eigenvalue weighted by molar-refractivity contribution is 5.89. The van der Waals surface area contributed by atoms with Crippen molar-refractivity contribution in [1.29, 1.82) is 0 Å². The quantitative estimate of drug-likeness (QED) is 0.743. The maximum absolute atomic E-state index is 12.4. The van der Waals surface area contributed by atoms with E-state index in [-0.39, 0.29) is 24.0 Å². The Hall–Kier alpha value is -3.20. The Labute approximate surface area is 193 Å². The lowest BCUT2D eigenvalue weighted by molar-refractivity contribution is -0.129. The molecule has 174 valence electrons. The van der Waals surface area contributed by atoms with Gasteiger partial charge in [-0.1, -0.05) is 0 Å². The Balaban J connectivity index is 1.53. The van der Waals surface area contributed by atoms with Crippen LogP contribution in [0.15, 0.2) is 24.3 Å². The minimum atomic E-state index is -0.232. The normalized spacial score (nSPS) is 22.1. The van der Waals surface area contributed by atoms with Crippen molar-refractivity contribution < 1.29 is 14.3 Å².